The zero-order chi connectivity index (χ0) is 21.4. The number of rotatable bonds is 5. The molecule has 29 heavy (non-hydrogen) atoms. The molecule has 0 saturated heterocycles. The van der Waals surface area contributed by atoms with Gasteiger partial charge in [-0.2, -0.15) is 0 Å². The van der Waals surface area contributed by atoms with Gasteiger partial charge in [0.25, 0.3) is 0 Å². The minimum atomic E-state index is -0.672. The van der Waals surface area contributed by atoms with E-state index in [1.54, 1.807) is 32.9 Å². The van der Waals surface area contributed by atoms with Gasteiger partial charge in [-0.1, -0.05) is 42.5 Å². The van der Waals surface area contributed by atoms with E-state index in [4.69, 9.17) is 14.2 Å². The van der Waals surface area contributed by atoms with Gasteiger partial charge in [0.2, 0.25) is 0 Å². The topological polar surface area (TPSA) is 103 Å². The standard InChI is InChI=1S/C21H28N2O6/c1-21(2,3)29-20(26)22-15-10-11-17(16(12-15)18(24)27-4)23-19(25)28-13-14-8-6-5-7-9-14/h5-11,15-17H,12-13H2,1-4H3,(H,22,26)(H,23,25)/t15-,16+,17-/m1/s1. The highest BCUT2D eigenvalue weighted by Gasteiger charge is 2.35. The summed E-state index contributed by atoms with van der Waals surface area (Å²) in [4.78, 5) is 36.3. The molecule has 0 saturated carbocycles. The van der Waals surface area contributed by atoms with Crippen molar-refractivity contribution in [2.24, 2.45) is 5.92 Å². The molecule has 0 aromatic heterocycles. The first kappa shape index (κ1) is 22.3. The van der Waals surface area contributed by atoms with Crippen molar-refractivity contribution >= 4 is 18.2 Å². The van der Waals surface area contributed by atoms with Gasteiger partial charge in [0, 0.05) is 0 Å². The summed E-state index contributed by atoms with van der Waals surface area (Å²) in [6, 6.07) is 8.24. The van der Waals surface area contributed by atoms with Crippen LogP contribution in [-0.2, 0) is 25.6 Å². The second kappa shape index (κ2) is 9.95. The lowest BCUT2D eigenvalue weighted by molar-refractivity contribution is -0.146. The normalized spacial score (nSPS) is 21.0. The van der Waals surface area contributed by atoms with Crippen LogP contribution in [0.25, 0.3) is 0 Å². The molecule has 158 valence electrons. The molecule has 1 aromatic rings. The molecule has 0 spiro atoms. The molecule has 0 heterocycles. The number of alkyl carbamates (subject to hydrolysis) is 2. The Kier molecular flexibility index (Phi) is 7.64. The van der Waals surface area contributed by atoms with Gasteiger partial charge in [-0.15, -0.1) is 0 Å². The Morgan fingerprint density at radius 1 is 1.03 bits per heavy atom. The molecule has 0 fully saturated rings. The van der Waals surface area contributed by atoms with Crippen LogP contribution in [0.5, 0.6) is 0 Å². The minimum Gasteiger partial charge on any atom is -0.469 e. The maximum absolute atomic E-state index is 12.2. The third kappa shape index (κ3) is 7.48. The number of ether oxygens (including phenoxy) is 3. The molecule has 0 unspecified atom stereocenters. The van der Waals surface area contributed by atoms with Gasteiger partial charge >= 0.3 is 18.2 Å². The summed E-state index contributed by atoms with van der Waals surface area (Å²) in [6.45, 7) is 5.42. The van der Waals surface area contributed by atoms with E-state index in [0.29, 0.717) is 0 Å². The number of carbonyl (C=O) groups excluding carboxylic acids is 3. The van der Waals surface area contributed by atoms with Crippen molar-refractivity contribution < 1.29 is 28.6 Å². The molecule has 2 rings (SSSR count). The van der Waals surface area contributed by atoms with Gasteiger partial charge in [-0.3, -0.25) is 4.79 Å². The number of benzene rings is 1. The number of hydrogen-bond donors (Lipinski definition) is 2. The van der Waals surface area contributed by atoms with Crippen molar-refractivity contribution in [2.45, 2.75) is 51.5 Å². The Balaban J connectivity index is 1.96. The maximum atomic E-state index is 12.2. The van der Waals surface area contributed by atoms with E-state index in [9.17, 15) is 14.4 Å². The highest BCUT2D eigenvalue weighted by atomic mass is 16.6. The summed E-state index contributed by atoms with van der Waals surface area (Å²) in [7, 11) is 1.28. The molecule has 0 radical (unpaired) electrons. The summed E-state index contributed by atoms with van der Waals surface area (Å²) >= 11 is 0. The van der Waals surface area contributed by atoms with Crippen molar-refractivity contribution in [1.82, 2.24) is 10.6 Å². The van der Waals surface area contributed by atoms with Crippen LogP contribution in [-0.4, -0.2) is 43.0 Å². The van der Waals surface area contributed by atoms with Crippen LogP contribution in [0.2, 0.25) is 0 Å². The van der Waals surface area contributed by atoms with E-state index in [0.717, 1.165) is 5.56 Å². The first-order valence-corrected chi connectivity index (χ1v) is 9.41. The SMILES string of the molecule is COC(=O)[C@H]1C[C@H](NC(=O)OC(C)(C)C)C=C[C@H]1NC(=O)OCc1ccccc1. The van der Waals surface area contributed by atoms with E-state index < -0.39 is 41.8 Å². The van der Waals surface area contributed by atoms with E-state index in [2.05, 4.69) is 10.6 Å². The van der Waals surface area contributed by atoms with E-state index in [1.165, 1.54) is 7.11 Å². The third-order valence-electron chi connectivity index (χ3n) is 4.20. The fraction of sp³-hybridized carbons (Fsp3) is 0.476. The van der Waals surface area contributed by atoms with Crippen LogP contribution < -0.4 is 10.6 Å². The lowest BCUT2D eigenvalue weighted by atomic mass is 9.87. The Hall–Kier alpha value is -3.03. The molecular formula is C21H28N2O6. The van der Waals surface area contributed by atoms with Gasteiger partial charge in [0.15, 0.2) is 0 Å². The van der Waals surface area contributed by atoms with Crippen LogP contribution in [0.15, 0.2) is 42.5 Å². The predicted octanol–water partition coefficient (Wildman–Crippen LogP) is 2.92. The lowest BCUT2D eigenvalue weighted by Gasteiger charge is -2.31. The molecule has 8 heteroatoms. The van der Waals surface area contributed by atoms with Crippen molar-refractivity contribution in [3.05, 3.63) is 48.0 Å². The van der Waals surface area contributed by atoms with E-state index in [1.807, 2.05) is 30.3 Å². The molecule has 0 bridgehead atoms. The van der Waals surface area contributed by atoms with Crippen LogP contribution in [0, 0.1) is 5.92 Å². The highest BCUT2D eigenvalue weighted by Crippen LogP contribution is 2.22. The zero-order valence-electron chi connectivity index (χ0n) is 17.1. The Labute approximate surface area is 170 Å². The Morgan fingerprint density at radius 2 is 1.72 bits per heavy atom. The van der Waals surface area contributed by atoms with Gasteiger partial charge < -0.3 is 24.8 Å². The lowest BCUT2D eigenvalue weighted by Crippen LogP contribution is -2.49. The van der Waals surface area contributed by atoms with Crippen molar-refractivity contribution in [3.8, 4) is 0 Å². The Morgan fingerprint density at radius 3 is 2.34 bits per heavy atom. The van der Waals surface area contributed by atoms with Crippen LogP contribution in [0.4, 0.5) is 9.59 Å². The van der Waals surface area contributed by atoms with Gasteiger partial charge in [-0.05, 0) is 32.8 Å². The molecule has 1 aliphatic rings. The number of hydrogen-bond acceptors (Lipinski definition) is 6. The second-order valence-electron chi connectivity index (χ2n) is 7.73. The van der Waals surface area contributed by atoms with Crippen LogP contribution in [0.1, 0.15) is 32.8 Å². The average molecular weight is 404 g/mol. The molecule has 0 aliphatic heterocycles. The summed E-state index contributed by atoms with van der Waals surface area (Å²) in [5.74, 6) is -1.16. The molecule has 1 aromatic carbocycles. The van der Waals surface area contributed by atoms with E-state index in [-0.39, 0.29) is 13.0 Å². The van der Waals surface area contributed by atoms with Gasteiger partial charge in [0.1, 0.15) is 12.2 Å². The molecule has 2 N–H and O–H groups in total. The molecule has 3 atom stereocenters. The number of amides is 2. The smallest absolute Gasteiger partial charge is 0.408 e. The second-order valence-corrected chi connectivity index (χ2v) is 7.73. The van der Waals surface area contributed by atoms with Crippen LogP contribution in [0.3, 0.4) is 0 Å². The van der Waals surface area contributed by atoms with Crippen molar-refractivity contribution in [1.29, 1.82) is 0 Å². The summed E-state index contributed by atoms with van der Waals surface area (Å²) in [6.07, 6.45) is 2.40. The number of nitrogens with one attached hydrogen (secondary N) is 2. The van der Waals surface area contributed by atoms with Gasteiger partial charge in [-0.25, -0.2) is 9.59 Å². The van der Waals surface area contributed by atoms with E-state index >= 15 is 0 Å². The summed E-state index contributed by atoms with van der Waals surface area (Å²) in [5.41, 5.74) is 0.226. The van der Waals surface area contributed by atoms with Crippen LogP contribution >= 0.6 is 0 Å². The monoisotopic (exact) mass is 404 g/mol. The van der Waals surface area contributed by atoms with Crippen molar-refractivity contribution in [3.63, 3.8) is 0 Å². The first-order chi connectivity index (χ1) is 13.7. The maximum Gasteiger partial charge on any atom is 0.408 e. The quantitative estimate of drug-likeness (QED) is 0.444. The number of carbonyl (C=O) groups is 3. The first-order valence-electron chi connectivity index (χ1n) is 9.41. The van der Waals surface area contributed by atoms with Crippen molar-refractivity contribution in [2.75, 3.05) is 7.11 Å². The molecular weight excluding hydrogens is 376 g/mol. The fourth-order valence-electron chi connectivity index (χ4n) is 2.90. The summed E-state index contributed by atoms with van der Waals surface area (Å²) in [5, 5.41) is 5.38. The van der Waals surface area contributed by atoms with Gasteiger partial charge in [0.05, 0.1) is 25.1 Å². The summed E-state index contributed by atoms with van der Waals surface area (Å²) < 4.78 is 15.3. The average Bonchev–Trinajstić information content (AvgIpc) is 2.66. The zero-order valence-corrected chi connectivity index (χ0v) is 17.1. The number of esters is 1. The predicted molar refractivity (Wildman–Crippen MR) is 106 cm³/mol. The molecule has 8 nitrogen and oxygen atoms in total. The minimum absolute atomic E-state index is 0.120. The fourth-order valence-corrected chi connectivity index (χ4v) is 2.90. The highest BCUT2D eigenvalue weighted by molar-refractivity contribution is 5.76. The largest absolute Gasteiger partial charge is 0.469 e. The third-order valence-corrected chi connectivity index (χ3v) is 4.20. The Bertz CT molecular complexity index is 741. The molecule has 2 amide bonds. The molecule has 1 aliphatic carbocycles. The number of methoxy groups -OCH3 is 1.